The lowest BCUT2D eigenvalue weighted by Crippen LogP contribution is -2.21. The molecule has 3 heterocycles. The van der Waals surface area contributed by atoms with Gasteiger partial charge in [0.1, 0.15) is 5.75 Å². The maximum absolute atomic E-state index is 12.9. The molecule has 1 amide bonds. The van der Waals surface area contributed by atoms with Crippen LogP contribution in [-0.2, 0) is 10.2 Å². The van der Waals surface area contributed by atoms with E-state index >= 15 is 0 Å². The molecule has 1 saturated carbocycles. The Kier molecular flexibility index (Phi) is 3.77. The summed E-state index contributed by atoms with van der Waals surface area (Å²) in [6.45, 7) is 0. The number of hydrogen-bond acceptors (Lipinski definition) is 4. The molecule has 1 aliphatic heterocycles. The molecular formula is C25H20N4O2. The van der Waals surface area contributed by atoms with Crippen molar-refractivity contribution in [1.29, 1.82) is 0 Å². The number of methoxy groups -OCH3 is 1. The third-order valence-corrected chi connectivity index (χ3v) is 6.46. The maximum Gasteiger partial charge on any atom is 0.235 e. The highest BCUT2D eigenvalue weighted by atomic mass is 16.5. The molecule has 0 bridgehead atoms. The molecule has 2 aliphatic rings. The molecular weight excluding hydrogens is 388 g/mol. The quantitative estimate of drug-likeness (QED) is 0.521. The summed E-state index contributed by atoms with van der Waals surface area (Å²) in [6.07, 6.45) is 8.36. The van der Waals surface area contributed by atoms with Gasteiger partial charge >= 0.3 is 0 Å². The van der Waals surface area contributed by atoms with Gasteiger partial charge in [-0.3, -0.25) is 14.9 Å². The molecule has 6 nitrogen and oxygen atoms in total. The summed E-state index contributed by atoms with van der Waals surface area (Å²) in [5.41, 5.74) is 5.44. The number of amides is 1. The first kappa shape index (κ1) is 17.9. The lowest BCUT2D eigenvalue weighted by atomic mass is 9.91. The first-order chi connectivity index (χ1) is 15.2. The lowest BCUT2D eigenvalue weighted by Gasteiger charge is -2.10. The van der Waals surface area contributed by atoms with Crippen LogP contribution in [0.3, 0.4) is 0 Å². The Labute approximate surface area is 179 Å². The van der Waals surface area contributed by atoms with Crippen LogP contribution in [0.25, 0.3) is 23.1 Å². The highest BCUT2D eigenvalue weighted by Gasteiger charge is 2.65. The van der Waals surface area contributed by atoms with Crippen LogP contribution in [0.2, 0.25) is 0 Å². The van der Waals surface area contributed by atoms with Crippen molar-refractivity contribution in [3.05, 3.63) is 83.3 Å². The average Bonchev–Trinajstić information content (AvgIpc) is 3.35. The standard InChI is InChI=1S/C25H20N4O2/c1-31-17-6-9-22-19(12-17)25(24(30)27-22)13-20(25)16-5-7-18-21(28-29-23(18)11-16)8-4-15-3-2-10-26-14-15/h2-12,14,20H,13H2,1H3,(H,27,30)(H,28,29)/b8-4+. The Morgan fingerprint density at radius 1 is 1.16 bits per heavy atom. The number of aromatic nitrogens is 3. The number of aromatic amines is 1. The largest absolute Gasteiger partial charge is 0.497 e. The van der Waals surface area contributed by atoms with Gasteiger partial charge in [-0.05, 0) is 59.5 Å². The van der Waals surface area contributed by atoms with E-state index in [0.717, 1.165) is 51.1 Å². The minimum atomic E-state index is -0.499. The molecule has 2 atom stereocenters. The molecule has 1 fully saturated rings. The third-order valence-electron chi connectivity index (χ3n) is 6.46. The summed E-state index contributed by atoms with van der Waals surface area (Å²) < 4.78 is 5.39. The molecule has 1 spiro atoms. The minimum absolute atomic E-state index is 0.0746. The van der Waals surface area contributed by atoms with Gasteiger partial charge in [-0.25, -0.2) is 0 Å². The number of nitrogens with zero attached hydrogens (tertiary/aromatic N) is 2. The SMILES string of the molecule is COc1ccc2c(c1)C1(CC1c1ccc3c(/C=C/c4cccnc4)n[nH]c3c1)C(=O)N2. The van der Waals surface area contributed by atoms with E-state index in [0.29, 0.717) is 0 Å². The Hall–Kier alpha value is -3.93. The molecule has 2 unspecified atom stereocenters. The molecule has 1 aliphatic carbocycles. The predicted octanol–water partition coefficient (Wildman–Crippen LogP) is 4.51. The fourth-order valence-electron chi connectivity index (χ4n) is 4.75. The summed E-state index contributed by atoms with van der Waals surface area (Å²) in [5, 5.41) is 11.7. The molecule has 2 N–H and O–H groups in total. The second-order valence-corrected chi connectivity index (χ2v) is 8.13. The second-order valence-electron chi connectivity index (χ2n) is 8.13. The molecule has 0 radical (unpaired) electrons. The van der Waals surface area contributed by atoms with E-state index in [2.05, 4.69) is 38.7 Å². The number of fused-ring (bicyclic) bond motifs is 3. The summed E-state index contributed by atoms with van der Waals surface area (Å²) >= 11 is 0. The van der Waals surface area contributed by atoms with Gasteiger partial charge in [0.2, 0.25) is 5.91 Å². The minimum Gasteiger partial charge on any atom is -0.497 e. The fraction of sp³-hybridized carbons (Fsp3) is 0.160. The van der Waals surface area contributed by atoms with E-state index in [4.69, 9.17) is 4.74 Å². The zero-order chi connectivity index (χ0) is 21.0. The van der Waals surface area contributed by atoms with Crippen LogP contribution in [0.1, 0.15) is 34.7 Å². The van der Waals surface area contributed by atoms with Crippen molar-refractivity contribution in [2.24, 2.45) is 0 Å². The normalized spacial score (nSPS) is 21.6. The molecule has 6 heteroatoms. The second kappa shape index (κ2) is 6.54. The van der Waals surface area contributed by atoms with Crippen molar-refractivity contribution >= 4 is 34.6 Å². The van der Waals surface area contributed by atoms with Gasteiger partial charge in [-0.1, -0.05) is 24.3 Å². The van der Waals surface area contributed by atoms with Gasteiger partial charge in [0, 0.05) is 29.4 Å². The number of nitrogens with one attached hydrogen (secondary N) is 2. The van der Waals surface area contributed by atoms with Gasteiger partial charge < -0.3 is 10.1 Å². The number of anilines is 1. The zero-order valence-electron chi connectivity index (χ0n) is 16.9. The van der Waals surface area contributed by atoms with Crippen LogP contribution in [0, 0.1) is 0 Å². The van der Waals surface area contributed by atoms with Crippen LogP contribution in [0.4, 0.5) is 5.69 Å². The van der Waals surface area contributed by atoms with E-state index in [9.17, 15) is 4.79 Å². The smallest absolute Gasteiger partial charge is 0.235 e. The summed E-state index contributed by atoms with van der Waals surface area (Å²) in [6, 6.07) is 16.0. The zero-order valence-corrected chi connectivity index (χ0v) is 16.9. The highest BCUT2D eigenvalue weighted by Crippen LogP contribution is 2.65. The third kappa shape index (κ3) is 2.68. The van der Waals surface area contributed by atoms with Crippen LogP contribution in [0.5, 0.6) is 5.75 Å². The first-order valence-electron chi connectivity index (χ1n) is 10.3. The van der Waals surface area contributed by atoms with E-state index in [-0.39, 0.29) is 11.8 Å². The molecule has 31 heavy (non-hydrogen) atoms. The van der Waals surface area contributed by atoms with Crippen molar-refractivity contribution in [3.63, 3.8) is 0 Å². The summed E-state index contributed by atoms with van der Waals surface area (Å²) in [5.74, 6) is 0.989. The molecule has 2 aromatic heterocycles. The van der Waals surface area contributed by atoms with E-state index in [1.54, 1.807) is 13.3 Å². The van der Waals surface area contributed by atoms with Crippen LogP contribution in [0.15, 0.2) is 60.9 Å². The number of ether oxygens (including phenoxy) is 1. The highest BCUT2D eigenvalue weighted by molar-refractivity contribution is 6.10. The Morgan fingerprint density at radius 2 is 2.10 bits per heavy atom. The van der Waals surface area contributed by atoms with Gasteiger partial charge in [0.15, 0.2) is 0 Å². The number of rotatable bonds is 4. The van der Waals surface area contributed by atoms with E-state index in [1.807, 2.05) is 48.7 Å². The number of carbonyl (C=O) groups excluding carboxylic acids is 1. The number of H-pyrrole nitrogens is 1. The average molecular weight is 408 g/mol. The summed E-state index contributed by atoms with van der Waals surface area (Å²) in [4.78, 5) is 17.0. The molecule has 4 aromatic rings. The Balaban J connectivity index is 1.33. The topological polar surface area (TPSA) is 79.9 Å². The number of hydrogen-bond donors (Lipinski definition) is 2. The van der Waals surface area contributed by atoms with Crippen molar-refractivity contribution in [3.8, 4) is 5.75 Å². The van der Waals surface area contributed by atoms with Crippen LogP contribution < -0.4 is 10.1 Å². The summed E-state index contributed by atoms with van der Waals surface area (Å²) in [7, 11) is 1.65. The Bertz CT molecular complexity index is 1360. The number of benzene rings is 2. The molecule has 6 rings (SSSR count). The van der Waals surface area contributed by atoms with Gasteiger partial charge in [0.05, 0.1) is 23.7 Å². The van der Waals surface area contributed by atoms with Crippen molar-refractivity contribution in [2.45, 2.75) is 17.8 Å². The van der Waals surface area contributed by atoms with Gasteiger partial charge in [-0.2, -0.15) is 5.10 Å². The van der Waals surface area contributed by atoms with Gasteiger partial charge in [-0.15, -0.1) is 0 Å². The maximum atomic E-state index is 12.9. The van der Waals surface area contributed by atoms with E-state index < -0.39 is 5.41 Å². The van der Waals surface area contributed by atoms with Crippen LogP contribution >= 0.6 is 0 Å². The number of carbonyl (C=O) groups is 1. The van der Waals surface area contributed by atoms with Crippen molar-refractivity contribution < 1.29 is 9.53 Å². The van der Waals surface area contributed by atoms with Crippen LogP contribution in [-0.4, -0.2) is 28.2 Å². The molecule has 152 valence electrons. The van der Waals surface area contributed by atoms with Crippen molar-refractivity contribution in [2.75, 3.05) is 12.4 Å². The molecule has 2 aromatic carbocycles. The Morgan fingerprint density at radius 3 is 2.94 bits per heavy atom. The molecule has 0 saturated heterocycles. The lowest BCUT2D eigenvalue weighted by molar-refractivity contribution is -0.118. The predicted molar refractivity (Wildman–Crippen MR) is 120 cm³/mol. The van der Waals surface area contributed by atoms with Gasteiger partial charge in [0.25, 0.3) is 0 Å². The van der Waals surface area contributed by atoms with Crippen molar-refractivity contribution in [1.82, 2.24) is 15.2 Å². The monoisotopic (exact) mass is 408 g/mol. The first-order valence-corrected chi connectivity index (χ1v) is 10.3. The number of pyridine rings is 1. The fourth-order valence-corrected chi connectivity index (χ4v) is 4.75. The van der Waals surface area contributed by atoms with E-state index in [1.165, 1.54) is 0 Å².